The van der Waals surface area contributed by atoms with Gasteiger partial charge in [-0.2, -0.15) is 5.10 Å². The van der Waals surface area contributed by atoms with Gasteiger partial charge in [-0.15, -0.1) is 0 Å². The van der Waals surface area contributed by atoms with Crippen LogP contribution in [0, 0.1) is 0 Å². The van der Waals surface area contributed by atoms with Crippen molar-refractivity contribution in [3.8, 4) is 5.82 Å². The zero-order chi connectivity index (χ0) is 14.3. The van der Waals surface area contributed by atoms with Crippen molar-refractivity contribution in [2.75, 3.05) is 0 Å². The maximum atomic E-state index is 12.7. The van der Waals surface area contributed by atoms with Crippen LogP contribution in [0.2, 0.25) is 5.02 Å². The van der Waals surface area contributed by atoms with Crippen LogP contribution in [0.3, 0.4) is 0 Å². The van der Waals surface area contributed by atoms with Gasteiger partial charge < -0.3 is 5.73 Å². The molecule has 0 fully saturated rings. The molecule has 2 aromatic heterocycles. The topological polar surface area (TPSA) is 76.7 Å². The predicted octanol–water partition coefficient (Wildman–Crippen LogP) is 2.39. The molecule has 0 aliphatic heterocycles. The van der Waals surface area contributed by atoms with E-state index in [1.54, 1.807) is 24.4 Å². The van der Waals surface area contributed by atoms with Crippen LogP contribution in [0.1, 0.15) is 18.7 Å². The maximum Gasteiger partial charge on any atom is 0.264 e. The first-order valence-corrected chi connectivity index (χ1v) is 6.56. The van der Waals surface area contributed by atoms with Crippen LogP contribution in [-0.2, 0) is 0 Å². The lowest BCUT2D eigenvalue weighted by Gasteiger charge is -2.15. The highest BCUT2D eigenvalue weighted by atomic mass is 35.5. The van der Waals surface area contributed by atoms with Gasteiger partial charge in [-0.05, 0) is 30.5 Å². The third-order valence-electron chi connectivity index (χ3n) is 3.20. The van der Waals surface area contributed by atoms with Crippen LogP contribution >= 0.6 is 11.6 Å². The molecule has 0 aliphatic rings. The normalized spacial score (nSPS) is 12.8. The summed E-state index contributed by atoms with van der Waals surface area (Å²) in [7, 11) is 0. The summed E-state index contributed by atoms with van der Waals surface area (Å²) in [5, 5.41) is 8.58. The number of benzene rings is 1. The van der Waals surface area contributed by atoms with Crippen LogP contribution in [0.4, 0.5) is 0 Å². The summed E-state index contributed by atoms with van der Waals surface area (Å²) >= 11 is 5.98. The molecule has 0 radical (unpaired) electrons. The highest BCUT2D eigenvalue weighted by Crippen LogP contribution is 2.21. The average Bonchev–Trinajstić information content (AvgIpc) is 2.92. The lowest BCUT2D eigenvalue weighted by Crippen LogP contribution is -2.25. The number of H-pyrrole nitrogens is 1. The first-order valence-electron chi connectivity index (χ1n) is 6.18. The summed E-state index contributed by atoms with van der Waals surface area (Å²) in [5.74, 6) is 0.587. The molecule has 0 spiro atoms. The van der Waals surface area contributed by atoms with Crippen molar-refractivity contribution >= 4 is 22.4 Å². The number of nitrogens with one attached hydrogen (secondary N) is 1. The van der Waals surface area contributed by atoms with E-state index in [0.29, 0.717) is 21.9 Å². The lowest BCUT2D eigenvalue weighted by molar-refractivity contribution is 0.724. The fraction of sp³-hybridized carbons (Fsp3) is 0.143. The molecule has 3 aromatic rings. The van der Waals surface area contributed by atoms with Crippen LogP contribution in [0.5, 0.6) is 0 Å². The van der Waals surface area contributed by atoms with Gasteiger partial charge >= 0.3 is 0 Å². The van der Waals surface area contributed by atoms with E-state index >= 15 is 0 Å². The molecule has 3 rings (SSSR count). The minimum Gasteiger partial charge on any atom is -0.323 e. The number of hydrogen-bond donors (Lipinski definition) is 2. The molecule has 2 heterocycles. The first-order chi connectivity index (χ1) is 9.58. The van der Waals surface area contributed by atoms with E-state index in [4.69, 9.17) is 17.3 Å². The molecular weight excluding hydrogens is 276 g/mol. The molecule has 0 saturated carbocycles. The Morgan fingerprint density at radius 1 is 1.35 bits per heavy atom. The number of aromatic nitrogens is 3. The molecule has 20 heavy (non-hydrogen) atoms. The minimum atomic E-state index is -0.286. The van der Waals surface area contributed by atoms with E-state index in [1.165, 1.54) is 4.57 Å². The third-order valence-corrected chi connectivity index (χ3v) is 3.44. The summed E-state index contributed by atoms with van der Waals surface area (Å²) in [6, 6.07) is 8.59. The summed E-state index contributed by atoms with van der Waals surface area (Å²) in [6.07, 6.45) is 1.59. The predicted molar refractivity (Wildman–Crippen MR) is 79.3 cm³/mol. The Morgan fingerprint density at radius 3 is 2.80 bits per heavy atom. The Bertz CT molecular complexity index is 821. The number of nitrogens with two attached hydrogens (primary N) is 1. The Morgan fingerprint density at radius 2 is 2.15 bits per heavy atom. The molecule has 0 unspecified atom stereocenters. The van der Waals surface area contributed by atoms with Crippen LogP contribution in [-0.4, -0.2) is 14.8 Å². The van der Waals surface area contributed by atoms with Gasteiger partial charge in [0.2, 0.25) is 0 Å². The van der Waals surface area contributed by atoms with Gasteiger partial charge in [-0.1, -0.05) is 17.7 Å². The fourth-order valence-electron chi connectivity index (χ4n) is 2.26. The average molecular weight is 289 g/mol. The number of halogens is 1. The van der Waals surface area contributed by atoms with Gasteiger partial charge in [0.05, 0.1) is 6.20 Å². The van der Waals surface area contributed by atoms with E-state index in [9.17, 15) is 4.79 Å². The summed E-state index contributed by atoms with van der Waals surface area (Å²) < 4.78 is 1.54. The summed E-state index contributed by atoms with van der Waals surface area (Å²) in [4.78, 5) is 12.7. The second-order valence-electron chi connectivity index (χ2n) is 4.67. The quantitative estimate of drug-likeness (QED) is 0.760. The van der Waals surface area contributed by atoms with Gasteiger partial charge in [-0.25, -0.2) is 0 Å². The second kappa shape index (κ2) is 4.77. The van der Waals surface area contributed by atoms with Crippen molar-refractivity contribution in [2.24, 2.45) is 5.73 Å². The summed E-state index contributed by atoms with van der Waals surface area (Å²) in [6.45, 7) is 1.84. The van der Waals surface area contributed by atoms with Crippen molar-refractivity contribution in [3.63, 3.8) is 0 Å². The number of hydrogen-bond acceptors (Lipinski definition) is 3. The lowest BCUT2D eigenvalue weighted by atomic mass is 10.1. The number of aromatic amines is 1. The molecule has 5 nitrogen and oxygen atoms in total. The van der Waals surface area contributed by atoms with Crippen molar-refractivity contribution in [3.05, 3.63) is 57.6 Å². The van der Waals surface area contributed by atoms with Crippen molar-refractivity contribution in [1.29, 1.82) is 0 Å². The Hall–Kier alpha value is -2.11. The van der Waals surface area contributed by atoms with Crippen LogP contribution < -0.4 is 11.3 Å². The molecule has 0 saturated heterocycles. The smallest absolute Gasteiger partial charge is 0.264 e. The van der Waals surface area contributed by atoms with Gasteiger partial charge in [0, 0.05) is 28.2 Å². The first kappa shape index (κ1) is 12.9. The van der Waals surface area contributed by atoms with E-state index < -0.39 is 0 Å². The maximum absolute atomic E-state index is 12.7. The van der Waals surface area contributed by atoms with E-state index in [2.05, 4.69) is 10.2 Å². The highest BCUT2D eigenvalue weighted by molar-refractivity contribution is 6.31. The molecular formula is C14H13ClN4O. The van der Waals surface area contributed by atoms with E-state index in [0.717, 1.165) is 5.39 Å². The summed E-state index contributed by atoms with van der Waals surface area (Å²) in [5.41, 5.74) is 6.54. The second-order valence-corrected chi connectivity index (χ2v) is 5.11. The number of pyridine rings is 1. The standard InChI is InChI=1S/C14H13ClN4O/c1-8(16)12-6-9-2-3-10(15)7-11(9)14(20)19(12)13-4-5-17-18-13/h2-8H,16H2,1H3,(H,17,18)/t8-/m0/s1. The van der Waals surface area contributed by atoms with Crippen molar-refractivity contribution in [2.45, 2.75) is 13.0 Å². The zero-order valence-corrected chi connectivity index (χ0v) is 11.6. The van der Waals surface area contributed by atoms with Crippen LogP contribution in [0.25, 0.3) is 16.6 Å². The largest absolute Gasteiger partial charge is 0.323 e. The molecule has 0 amide bonds. The minimum absolute atomic E-state index is 0.165. The Balaban J connectivity index is 2.44. The Labute approximate surface area is 120 Å². The SMILES string of the molecule is C[C@H](N)c1cc2ccc(Cl)cc2c(=O)n1-c1ccn[nH]1. The van der Waals surface area contributed by atoms with Crippen molar-refractivity contribution < 1.29 is 0 Å². The van der Waals surface area contributed by atoms with Crippen molar-refractivity contribution in [1.82, 2.24) is 14.8 Å². The van der Waals surface area contributed by atoms with E-state index in [1.807, 2.05) is 19.1 Å². The van der Waals surface area contributed by atoms with E-state index in [-0.39, 0.29) is 11.6 Å². The number of nitrogens with zero attached hydrogens (tertiary/aromatic N) is 2. The molecule has 0 aliphatic carbocycles. The molecule has 102 valence electrons. The third kappa shape index (κ3) is 2.01. The molecule has 1 aromatic carbocycles. The molecule has 0 bridgehead atoms. The van der Waals surface area contributed by atoms with Gasteiger partial charge in [0.15, 0.2) is 0 Å². The monoisotopic (exact) mass is 288 g/mol. The number of rotatable bonds is 2. The van der Waals surface area contributed by atoms with Gasteiger partial charge in [0.1, 0.15) is 5.82 Å². The highest BCUT2D eigenvalue weighted by Gasteiger charge is 2.14. The zero-order valence-electron chi connectivity index (χ0n) is 10.8. The van der Waals surface area contributed by atoms with Gasteiger partial charge in [-0.3, -0.25) is 14.5 Å². The fourth-order valence-corrected chi connectivity index (χ4v) is 2.43. The molecule has 6 heteroatoms. The molecule has 3 N–H and O–H groups in total. The Kier molecular flexibility index (Phi) is 3.08. The molecule has 1 atom stereocenters. The van der Waals surface area contributed by atoms with Crippen LogP contribution in [0.15, 0.2) is 41.3 Å². The number of fused-ring (bicyclic) bond motifs is 1. The van der Waals surface area contributed by atoms with Gasteiger partial charge in [0.25, 0.3) is 5.56 Å².